The molecule has 0 saturated heterocycles. The molecule has 2 aromatic carbocycles. The number of rotatable bonds is 2. The lowest BCUT2D eigenvalue weighted by Gasteiger charge is -2.08. The molecule has 0 heterocycles. The van der Waals surface area contributed by atoms with Gasteiger partial charge in [0, 0.05) is 6.07 Å². The van der Waals surface area contributed by atoms with Gasteiger partial charge in [-0.3, -0.25) is 4.79 Å². The third-order valence-electron chi connectivity index (χ3n) is 2.48. The molecule has 0 aliphatic carbocycles. The molecule has 3 N–H and O–H groups in total. The number of anilines is 2. The van der Waals surface area contributed by atoms with Crippen LogP contribution in [-0.2, 0) is 0 Å². The second-order valence-corrected chi connectivity index (χ2v) is 3.78. The van der Waals surface area contributed by atoms with Crippen molar-refractivity contribution in [2.45, 2.75) is 0 Å². The molecule has 3 nitrogen and oxygen atoms in total. The lowest BCUT2D eigenvalue weighted by atomic mass is 10.1. The Bertz CT molecular complexity index is 644. The molecule has 19 heavy (non-hydrogen) atoms. The first-order valence-corrected chi connectivity index (χ1v) is 5.29. The van der Waals surface area contributed by atoms with Gasteiger partial charge in [-0.2, -0.15) is 0 Å². The number of nitrogen functional groups attached to an aromatic ring is 1. The van der Waals surface area contributed by atoms with Crippen LogP contribution in [0.3, 0.4) is 0 Å². The summed E-state index contributed by atoms with van der Waals surface area (Å²) < 4.78 is 39.2. The number of nitrogens with one attached hydrogen (secondary N) is 1. The summed E-state index contributed by atoms with van der Waals surface area (Å²) >= 11 is 0. The van der Waals surface area contributed by atoms with Gasteiger partial charge in [-0.05, 0) is 24.3 Å². The molecule has 0 aliphatic rings. The Labute approximate surface area is 106 Å². The van der Waals surface area contributed by atoms with Crippen LogP contribution in [-0.4, -0.2) is 5.91 Å². The normalized spacial score (nSPS) is 10.3. The molecule has 98 valence electrons. The summed E-state index contributed by atoms with van der Waals surface area (Å²) in [6.07, 6.45) is 0. The van der Waals surface area contributed by atoms with Gasteiger partial charge in [0.25, 0.3) is 5.91 Å². The first kappa shape index (κ1) is 12.9. The Hall–Kier alpha value is -2.50. The van der Waals surface area contributed by atoms with Crippen LogP contribution < -0.4 is 11.1 Å². The van der Waals surface area contributed by atoms with E-state index in [1.54, 1.807) is 0 Å². The zero-order valence-corrected chi connectivity index (χ0v) is 9.58. The third-order valence-corrected chi connectivity index (χ3v) is 2.48. The molecule has 0 atom stereocenters. The van der Waals surface area contributed by atoms with Crippen molar-refractivity contribution >= 4 is 17.3 Å². The van der Waals surface area contributed by atoms with Crippen LogP contribution in [0.25, 0.3) is 0 Å². The van der Waals surface area contributed by atoms with E-state index in [4.69, 9.17) is 5.73 Å². The van der Waals surface area contributed by atoms with Crippen LogP contribution in [0.1, 0.15) is 10.4 Å². The van der Waals surface area contributed by atoms with Crippen LogP contribution in [0, 0.1) is 17.5 Å². The van der Waals surface area contributed by atoms with Crippen LogP contribution >= 0.6 is 0 Å². The minimum atomic E-state index is -0.927. The number of para-hydroxylation sites is 1. The Balaban J connectivity index is 2.28. The number of hydrogen-bond donors (Lipinski definition) is 2. The maximum atomic E-state index is 13.3. The van der Waals surface area contributed by atoms with Crippen molar-refractivity contribution in [3.8, 4) is 0 Å². The molecule has 1 amide bonds. The van der Waals surface area contributed by atoms with Crippen LogP contribution in [0.2, 0.25) is 0 Å². The zero-order valence-electron chi connectivity index (χ0n) is 9.58. The molecule has 0 unspecified atom stereocenters. The van der Waals surface area contributed by atoms with Crippen molar-refractivity contribution in [3.05, 3.63) is 59.4 Å². The third kappa shape index (κ3) is 2.67. The summed E-state index contributed by atoms with van der Waals surface area (Å²) in [4.78, 5) is 11.8. The fourth-order valence-electron chi connectivity index (χ4n) is 1.52. The maximum absolute atomic E-state index is 13.3. The monoisotopic (exact) mass is 266 g/mol. The molecular formula is C13H9F3N2O. The molecule has 0 saturated carbocycles. The number of amides is 1. The van der Waals surface area contributed by atoms with Crippen molar-refractivity contribution in [2.24, 2.45) is 0 Å². The van der Waals surface area contributed by atoms with Gasteiger partial charge < -0.3 is 11.1 Å². The lowest BCUT2D eigenvalue weighted by molar-refractivity contribution is 0.102. The van der Waals surface area contributed by atoms with E-state index in [1.807, 2.05) is 0 Å². The molecule has 0 bridgehead atoms. The minimum Gasteiger partial charge on any atom is -0.396 e. The predicted octanol–water partition coefficient (Wildman–Crippen LogP) is 2.94. The fourth-order valence-corrected chi connectivity index (χ4v) is 1.52. The summed E-state index contributed by atoms with van der Waals surface area (Å²) in [6, 6.07) is 6.40. The van der Waals surface area contributed by atoms with Crippen LogP contribution in [0.4, 0.5) is 24.5 Å². The fraction of sp³-hybridized carbons (Fsp3) is 0. The maximum Gasteiger partial charge on any atom is 0.257 e. The minimum absolute atomic E-state index is 0.122. The number of nitrogens with two attached hydrogens (primary N) is 1. The Kier molecular flexibility index (Phi) is 3.41. The molecule has 0 aliphatic heterocycles. The number of carbonyl (C=O) groups excluding carboxylic acids is 1. The van der Waals surface area contributed by atoms with E-state index in [-0.39, 0.29) is 16.9 Å². The molecule has 0 fully saturated rings. The van der Waals surface area contributed by atoms with E-state index in [2.05, 4.69) is 5.32 Å². The van der Waals surface area contributed by atoms with Gasteiger partial charge in [0.2, 0.25) is 0 Å². The highest BCUT2D eigenvalue weighted by atomic mass is 19.1. The standard InChI is InChI=1S/C13H9F3N2O/c14-7-4-5-11(10(16)6-7)18-13(19)8-2-1-3-9(15)12(8)17/h1-6H,17H2,(H,18,19). The summed E-state index contributed by atoms with van der Waals surface area (Å²) in [6.45, 7) is 0. The highest BCUT2D eigenvalue weighted by Crippen LogP contribution is 2.20. The zero-order chi connectivity index (χ0) is 14.0. The second kappa shape index (κ2) is 5.01. The first-order chi connectivity index (χ1) is 8.99. The molecule has 2 aromatic rings. The highest BCUT2D eigenvalue weighted by molar-refractivity contribution is 6.07. The van der Waals surface area contributed by atoms with Crippen LogP contribution in [0.15, 0.2) is 36.4 Å². The van der Waals surface area contributed by atoms with Gasteiger partial charge in [0.1, 0.15) is 17.5 Å². The van der Waals surface area contributed by atoms with E-state index >= 15 is 0 Å². The van der Waals surface area contributed by atoms with Crippen molar-refractivity contribution in [1.82, 2.24) is 0 Å². The topological polar surface area (TPSA) is 55.1 Å². The summed E-state index contributed by atoms with van der Waals surface area (Å²) in [7, 11) is 0. The van der Waals surface area contributed by atoms with Crippen molar-refractivity contribution in [2.75, 3.05) is 11.1 Å². The summed E-state index contributed by atoms with van der Waals surface area (Å²) in [5.74, 6) is -3.21. The Morgan fingerprint density at radius 3 is 2.47 bits per heavy atom. The SMILES string of the molecule is Nc1c(F)cccc1C(=O)Nc1ccc(F)cc1F. The number of carbonyl (C=O) groups is 1. The van der Waals surface area contributed by atoms with E-state index in [1.165, 1.54) is 12.1 Å². The highest BCUT2D eigenvalue weighted by Gasteiger charge is 2.14. The predicted molar refractivity (Wildman–Crippen MR) is 65.1 cm³/mol. The van der Waals surface area contributed by atoms with Gasteiger partial charge in [-0.25, -0.2) is 13.2 Å². The van der Waals surface area contributed by atoms with E-state index < -0.39 is 23.4 Å². The van der Waals surface area contributed by atoms with Crippen molar-refractivity contribution in [1.29, 1.82) is 0 Å². The first-order valence-electron chi connectivity index (χ1n) is 5.29. The Morgan fingerprint density at radius 2 is 1.79 bits per heavy atom. The second-order valence-electron chi connectivity index (χ2n) is 3.78. The average Bonchev–Trinajstić information content (AvgIpc) is 2.36. The van der Waals surface area contributed by atoms with Gasteiger partial charge in [0.05, 0.1) is 16.9 Å². The smallest absolute Gasteiger partial charge is 0.257 e. The molecule has 0 spiro atoms. The van der Waals surface area contributed by atoms with Crippen molar-refractivity contribution < 1.29 is 18.0 Å². The molecule has 0 radical (unpaired) electrons. The van der Waals surface area contributed by atoms with Gasteiger partial charge in [-0.15, -0.1) is 0 Å². The quantitative estimate of drug-likeness (QED) is 0.821. The largest absolute Gasteiger partial charge is 0.396 e. The number of hydrogen-bond acceptors (Lipinski definition) is 2. The number of benzene rings is 2. The van der Waals surface area contributed by atoms with E-state index in [9.17, 15) is 18.0 Å². The van der Waals surface area contributed by atoms with Gasteiger partial charge in [0.15, 0.2) is 0 Å². The van der Waals surface area contributed by atoms with E-state index in [0.29, 0.717) is 6.07 Å². The number of halogens is 3. The molecular weight excluding hydrogens is 257 g/mol. The van der Waals surface area contributed by atoms with Gasteiger partial charge in [-0.1, -0.05) is 6.07 Å². The van der Waals surface area contributed by atoms with Crippen LogP contribution in [0.5, 0.6) is 0 Å². The molecule has 6 heteroatoms. The Morgan fingerprint density at radius 1 is 1.05 bits per heavy atom. The molecule has 2 rings (SSSR count). The average molecular weight is 266 g/mol. The summed E-state index contributed by atoms with van der Waals surface area (Å²) in [5, 5.41) is 2.19. The molecule has 0 aromatic heterocycles. The van der Waals surface area contributed by atoms with E-state index in [0.717, 1.165) is 18.2 Å². The summed E-state index contributed by atoms with van der Waals surface area (Å²) in [5.41, 5.74) is 4.74. The van der Waals surface area contributed by atoms with Crippen molar-refractivity contribution in [3.63, 3.8) is 0 Å². The van der Waals surface area contributed by atoms with Gasteiger partial charge >= 0.3 is 0 Å². The lowest BCUT2D eigenvalue weighted by Crippen LogP contribution is -2.15.